The van der Waals surface area contributed by atoms with Crippen molar-refractivity contribution >= 4 is 28.8 Å². The molecule has 2 amide bonds. The fraction of sp³-hybridized carbons (Fsp3) is 0.484. The highest BCUT2D eigenvalue weighted by Gasteiger charge is 2.31. The minimum absolute atomic E-state index is 0.126. The van der Waals surface area contributed by atoms with E-state index in [2.05, 4.69) is 17.4 Å². The average Bonchev–Trinajstić information content (AvgIpc) is 3.20. The molecule has 8 heteroatoms. The molecule has 2 heterocycles. The van der Waals surface area contributed by atoms with Crippen molar-refractivity contribution in [2.75, 3.05) is 0 Å². The van der Waals surface area contributed by atoms with Gasteiger partial charge in [-0.05, 0) is 73.6 Å². The highest BCUT2D eigenvalue weighted by Crippen LogP contribution is 2.38. The molecule has 2 aromatic carbocycles. The number of piperidine rings is 1. The standard InChI is InChI=1S/C31H37N3O5/c1-33-27-19-24(15-16-25(27)34(31(33)38)26-17-18-28(35)32-30(26)37)23-13-11-21(12-14-23)7-5-6-10-29(36)39-20-22-8-3-2-4-9-22/h2-4,8-9,15-16,19,21,23,26H,5-7,10-14,17-18,20H2,1H3,(H,32,35,37). The quantitative estimate of drug-likeness (QED) is 0.241. The number of imidazole rings is 1. The molecule has 1 saturated carbocycles. The van der Waals surface area contributed by atoms with Crippen LogP contribution in [0, 0.1) is 5.92 Å². The molecule has 206 valence electrons. The first kappa shape index (κ1) is 26.9. The maximum Gasteiger partial charge on any atom is 0.329 e. The van der Waals surface area contributed by atoms with Crippen molar-refractivity contribution in [3.63, 3.8) is 0 Å². The van der Waals surface area contributed by atoms with E-state index in [1.165, 1.54) is 10.1 Å². The molecule has 1 aromatic heterocycles. The summed E-state index contributed by atoms with van der Waals surface area (Å²) in [6.07, 6.45) is 8.63. The molecule has 5 rings (SSSR count). The second-order valence-electron chi connectivity index (χ2n) is 11.0. The van der Waals surface area contributed by atoms with Gasteiger partial charge in [-0.25, -0.2) is 4.79 Å². The van der Waals surface area contributed by atoms with Crippen LogP contribution < -0.4 is 11.0 Å². The molecule has 2 aliphatic rings. The Morgan fingerprint density at radius 2 is 1.72 bits per heavy atom. The number of nitrogens with zero attached hydrogens (tertiary/aromatic N) is 2. The number of imide groups is 1. The number of fused-ring (bicyclic) bond motifs is 1. The van der Waals surface area contributed by atoms with Crippen LogP contribution in [0.3, 0.4) is 0 Å². The van der Waals surface area contributed by atoms with Gasteiger partial charge in [0.2, 0.25) is 11.8 Å². The van der Waals surface area contributed by atoms with Crippen molar-refractivity contribution in [1.82, 2.24) is 14.5 Å². The molecular formula is C31H37N3O5. The third-order valence-electron chi connectivity index (χ3n) is 8.44. The third kappa shape index (κ3) is 6.15. The van der Waals surface area contributed by atoms with E-state index < -0.39 is 11.9 Å². The highest BCUT2D eigenvalue weighted by atomic mass is 16.5. The minimum Gasteiger partial charge on any atom is -0.461 e. The number of carbonyl (C=O) groups is 3. The normalized spacial score (nSPS) is 21.6. The van der Waals surface area contributed by atoms with Crippen LogP contribution in [0.15, 0.2) is 53.3 Å². The van der Waals surface area contributed by atoms with E-state index in [0.29, 0.717) is 31.3 Å². The fourth-order valence-electron chi connectivity index (χ4n) is 6.16. The first-order chi connectivity index (χ1) is 18.9. The van der Waals surface area contributed by atoms with Crippen LogP contribution in [-0.4, -0.2) is 26.9 Å². The van der Waals surface area contributed by atoms with Crippen molar-refractivity contribution < 1.29 is 19.1 Å². The molecule has 0 bridgehead atoms. The summed E-state index contributed by atoms with van der Waals surface area (Å²) in [6.45, 7) is 0.339. The zero-order valence-corrected chi connectivity index (χ0v) is 22.6. The number of aromatic nitrogens is 2. The molecule has 1 saturated heterocycles. The van der Waals surface area contributed by atoms with Crippen LogP contribution in [0.25, 0.3) is 11.0 Å². The van der Waals surface area contributed by atoms with Gasteiger partial charge in [-0.1, -0.05) is 49.2 Å². The summed E-state index contributed by atoms with van der Waals surface area (Å²) < 4.78 is 8.53. The Morgan fingerprint density at radius 1 is 0.949 bits per heavy atom. The number of amides is 2. The molecule has 1 atom stereocenters. The van der Waals surface area contributed by atoms with Crippen molar-refractivity contribution in [2.24, 2.45) is 13.0 Å². The maximum atomic E-state index is 13.0. The molecular weight excluding hydrogens is 494 g/mol. The average molecular weight is 532 g/mol. The van der Waals surface area contributed by atoms with Crippen LogP contribution in [0.1, 0.15) is 87.3 Å². The van der Waals surface area contributed by atoms with Gasteiger partial charge in [0.15, 0.2) is 0 Å². The largest absolute Gasteiger partial charge is 0.461 e. The molecule has 8 nitrogen and oxygen atoms in total. The Balaban J connectivity index is 1.11. The predicted molar refractivity (Wildman–Crippen MR) is 148 cm³/mol. The Morgan fingerprint density at radius 3 is 2.46 bits per heavy atom. The van der Waals surface area contributed by atoms with Crippen molar-refractivity contribution in [3.8, 4) is 0 Å². The molecule has 2 fully saturated rings. The van der Waals surface area contributed by atoms with Gasteiger partial charge in [-0.15, -0.1) is 0 Å². The lowest BCUT2D eigenvalue weighted by Gasteiger charge is -2.29. The smallest absolute Gasteiger partial charge is 0.329 e. The van der Waals surface area contributed by atoms with Crippen molar-refractivity contribution in [3.05, 3.63) is 70.1 Å². The number of carbonyl (C=O) groups excluding carboxylic acids is 3. The van der Waals surface area contributed by atoms with Gasteiger partial charge in [-0.3, -0.25) is 28.8 Å². The molecule has 3 aromatic rings. The lowest BCUT2D eigenvalue weighted by Crippen LogP contribution is -2.44. The maximum absolute atomic E-state index is 13.0. The number of hydrogen-bond donors (Lipinski definition) is 1. The predicted octanol–water partition coefficient (Wildman–Crippen LogP) is 4.90. The first-order valence-corrected chi connectivity index (χ1v) is 14.1. The van der Waals surface area contributed by atoms with E-state index in [4.69, 9.17) is 4.74 Å². The highest BCUT2D eigenvalue weighted by molar-refractivity contribution is 6.00. The molecule has 0 spiro atoms. The van der Waals surface area contributed by atoms with Crippen LogP contribution in [0.2, 0.25) is 0 Å². The van der Waals surface area contributed by atoms with Crippen LogP contribution in [0.5, 0.6) is 0 Å². The zero-order valence-electron chi connectivity index (χ0n) is 22.6. The number of rotatable bonds is 9. The number of aryl methyl sites for hydroxylation is 1. The van der Waals surface area contributed by atoms with Gasteiger partial charge < -0.3 is 4.74 Å². The van der Waals surface area contributed by atoms with E-state index in [0.717, 1.165) is 61.5 Å². The van der Waals surface area contributed by atoms with E-state index in [-0.39, 0.29) is 24.0 Å². The van der Waals surface area contributed by atoms with Gasteiger partial charge in [0.05, 0.1) is 11.0 Å². The number of nitrogens with one attached hydrogen (secondary N) is 1. The fourth-order valence-corrected chi connectivity index (χ4v) is 6.16. The summed E-state index contributed by atoms with van der Waals surface area (Å²) in [7, 11) is 1.74. The zero-order chi connectivity index (χ0) is 27.4. The minimum atomic E-state index is -0.661. The summed E-state index contributed by atoms with van der Waals surface area (Å²) >= 11 is 0. The van der Waals surface area contributed by atoms with Crippen LogP contribution in [0.4, 0.5) is 0 Å². The summed E-state index contributed by atoms with van der Waals surface area (Å²) in [5.74, 6) is 0.311. The number of hydrogen-bond acceptors (Lipinski definition) is 5. The Kier molecular flexibility index (Phi) is 8.29. The van der Waals surface area contributed by atoms with E-state index in [1.807, 2.05) is 36.4 Å². The van der Waals surface area contributed by atoms with Crippen LogP contribution in [-0.2, 0) is 32.8 Å². The lowest BCUT2D eigenvalue weighted by atomic mass is 9.77. The summed E-state index contributed by atoms with van der Waals surface area (Å²) in [5.41, 5.74) is 3.57. The third-order valence-corrected chi connectivity index (χ3v) is 8.44. The number of ether oxygens (including phenoxy) is 1. The molecule has 1 unspecified atom stereocenters. The second kappa shape index (κ2) is 12.0. The number of unbranched alkanes of at least 4 members (excludes halogenated alkanes) is 1. The van der Waals surface area contributed by atoms with E-state index in [1.54, 1.807) is 11.6 Å². The Labute approximate surface area is 228 Å². The van der Waals surface area contributed by atoms with Gasteiger partial charge in [-0.2, -0.15) is 0 Å². The number of esters is 1. The summed E-state index contributed by atoms with van der Waals surface area (Å²) in [6, 6.07) is 15.2. The van der Waals surface area contributed by atoms with Gasteiger partial charge in [0.25, 0.3) is 0 Å². The molecule has 39 heavy (non-hydrogen) atoms. The van der Waals surface area contributed by atoms with E-state index >= 15 is 0 Å². The molecule has 0 radical (unpaired) electrons. The van der Waals surface area contributed by atoms with Gasteiger partial charge in [0, 0.05) is 19.9 Å². The second-order valence-corrected chi connectivity index (χ2v) is 11.0. The molecule has 1 aliphatic carbocycles. The summed E-state index contributed by atoms with van der Waals surface area (Å²) in [5, 5.41) is 2.36. The monoisotopic (exact) mass is 531 g/mol. The van der Waals surface area contributed by atoms with E-state index in [9.17, 15) is 19.2 Å². The molecule has 1 aliphatic heterocycles. The lowest BCUT2D eigenvalue weighted by molar-refractivity contribution is -0.145. The van der Waals surface area contributed by atoms with Crippen molar-refractivity contribution in [1.29, 1.82) is 0 Å². The van der Waals surface area contributed by atoms with Gasteiger partial charge >= 0.3 is 11.7 Å². The van der Waals surface area contributed by atoms with Gasteiger partial charge in [0.1, 0.15) is 12.6 Å². The first-order valence-electron chi connectivity index (χ1n) is 14.1. The van der Waals surface area contributed by atoms with Crippen LogP contribution >= 0.6 is 0 Å². The Hall–Kier alpha value is -3.68. The molecule has 1 N–H and O–H groups in total. The SMILES string of the molecule is Cn1c(=O)n(C2CCC(=O)NC2=O)c2ccc(C3CCC(CCCCC(=O)OCc4ccccc4)CC3)cc21. The topological polar surface area (TPSA) is 99.4 Å². The summed E-state index contributed by atoms with van der Waals surface area (Å²) in [4.78, 5) is 49.1. The Bertz CT molecular complexity index is 1400. The van der Waals surface area contributed by atoms with Crippen molar-refractivity contribution in [2.45, 2.75) is 82.8 Å². The number of benzene rings is 2.